The van der Waals surface area contributed by atoms with E-state index in [4.69, 9.17) is 16.2 Å². The quantitative estimate of drug-likeness (QED) is 0.378. The van der Waals surface area contributed by atoms with Gasteiger partial charge in [-0.15, -0.1) is 0 Å². The third-order valence-corrected chi connectivity index (χ3v) is 1.74. The molecule has 0 rings (SSSR count). The van der Waals surface area contributed by atoms with Crippen molar-refractivity contribution in [2.75, 3.05) is 6.61 Å². The van der Waals surface area contributed by atoms with Gasteiger partial charge >= 0.3 is 57.3 Å². The van der Waals surface area contributed by atoms with Crippen LogP contribution in [0.3, 0.4) is 0 Å². The van der Waals surface area contributed by atoms with E-state index >= 15 is 0 Å². The molecule has 0 aromatic carbocycles. The molecule has 0 fully saturated rings. The summed E-state index contributed by atoms with van der Waals surface area (Å²) in [5.41, 5.74) is 0. The Bertz CT molecular complexity index is 78.8. The van der Waals surface area contributed by atoms with E-state index in [0.29, 0.717) is 0 Å². The molecule has 5 nitrogen and oxygen atoms in total. The van der Waals surface area contributed by atoms with Gasteiger partial charge < -0.3 is 0 Å². The molecule has 0 aliphatic heterocycles. The molecular formula is C3H10O5Ti. The maximum absolute atomic E-state index is 8.28. The van der Waals surface area contributed by atoms with Crippen LogP contribution in [0.4, 0.5) is 0 Å². The summed E-state index contributed by atoms with van der Waals surface area (Å²) in [6, 6.07) is 0. The molecule has 0 saturated carbocycles. The van der Waals surface area contributed by atoms with Crippen LogP contribution in [0, 0.1) is 0 Å². The summed E-state index contributed by atoms with van der Waals surface area (Å²) in [6.45, 7) is 1.08. The molecule has 0 aliphatic carbocycles. The normalized spacial score (nSPS) is 15.7. The van der Waals surface area contributed by atoms with Crippen molar-refractivity contribution in [2.24, 2.45) is 0 Å². The molecule has 1 atom stereocenters. The van der Waals surface area contributed by atoms with E-state index in [0.717, 1.165) is 0 Å². The van der Waals surface area contributed by atoms with E-state index in [-0.39, 0.29) is 6.61 Å². The zero-order valence-corrected chi connectivity index (χ0v) is 6.54. The SMILES string of the molecule is CC(CO)[O][Ti]([OH])([OH])[OH]. The van der Waals surface area contributed by atoms with Crippen LogP contribution in [-0.4, -0.2) is 28.9 Å². The Hall–Kier alpha value is 0.514. The Morgan fingerprint density at radius 3 is 2.00 bits per heavy atom. The molecule has 0 aromatic heterocycles. The molecule has 0 radical (unpaired) electrons. The van der Waals surface area contributed by atoms with Crippen LogP contribution >= 0.6 is 0 Å². The third kappa shape index (κ3) is 6.40. The summed E-state index contributed by atoms with van der Waals surface area (Å²) in [5, 5.41) is 8.27. The van der Waals surface area contributed by atoms with Crippen LogP contribution in [0.5, 0.6) is 0 Å². The number of hydrogen-bond acceptors (Lipinski definition) is 5. The molecule has 0 heterocycles. The van der Waals surface area contributed by atoms with E-state index in [2.05, 4.69) is 3.32 Å². The van der Waals surface area contributed by atoms with Gasteiger partial charge in [0, 0.05) is 0 Å². The Kier molecular flexibility index (Phi) is 3.83. The molecule has 6 heteroatoms. The Morgan fingerprint density at radius 2 is 1.89 bits per heavy atom. The molecule has 4 N–H and O–H groups in total. The molecule has 0 aromatic rings. The van der Waals surface area contributed by atoms with Crippen molar-refractivity contribution in [1.29, 1.82) is 0 Å². The van der Waals surface area contributed by atoms with Crippen LogP contribution in [0.15, 0.2) is 0 Å². The van der Waals surface area contributed by atoms with Crippen LogP contribution in [-0.2, 0) is 21.5 Å². The molecule has 0 bridgehead atoms. The topological polar surface area (TPSA) is 90.2 Å². The number of aliphatic hydroxyl groups excluding tert-OH is 1. The van der Waals surface area contributed by atoms with Gasteiger partial charge in [0.2, 0.25) is 0 Å². The second kappa shape index (κ2) is 3.63. The molecule has 9 heavy (non-hydrogen) atoms. The zero-order valence-electron chi connectivity index (χ0n) is 4.98. The number of hydrogen-bond donors (Lipinski definition) is 4. The molecule has 1 unspecified atom stereocenters. The van der Waals surface area contributed by atoms with Gasteiger partial charge in [-0.1, -0.05) is 0 Å². The molecule has 56 valence electrons. The van der Waals surface area contributed by atoms with E-state index < -0.39 is 24.2 Å². The Balaban J connectivity index is 3.47. The van der Waals surface area contributed by atoms with Gasteiger partial charge in [0.05, 0.1) is 0 Å². The first kappa shape index (κ1) is 9.51. The standard InChI is InChI=1S/C3H7O2.3H2O.Ti/c1-3(5)2-4;;;;/h3-4H,2H2,1H3;3*1H2;/q-1;;;;+4/p-3. The van der Waals surface area contributed by atoms with Crippen LogP contribution in [0.25, 0.3) is 0 Å². The van der Waals surface area contributed by atoms with Gasteiger partial charge in [0.25, 0.3) is 0 Å². The fourth-order valence-corrected chi connectivity index (χ4v) is 1.27. The Morgan fingerprint density at radius 1 is 1.44 bits per heavy atom. The van der Waals surface area contributed by atoms with E-state index in [9.17, 15) is 0 Å². The van der Waals surface area contributed by atoms with Gasteiger partial charge in [-0.25, -0.2) is 0 Å². The van der Waals surface area contributed by atoms with E-state index in [1.165, 1.54) is 6.92 Å². The number of rotatable bonds is 3. The first-order chi connectivity index (χ1) is 3.95. The molecule has 0 aliphatic rings. The second-order valence-corrected chi connectivity index (χ2v) is 3.85. The molecular weight excluding hydrogens is 164 g/mol. The van der Waals surface area contributed by atoms with Crippen LogP contribution in [0.1, 0.15) is 6.92 Å². The summed E-state index contributed by atoms with van der Waals surface area (Å²) in [5.74, 6) is 0. The van der Waals surface area contributed by atoms with Crippen LogP contribution in [0.2, 0.25) is 0 Å². The summed E-state index contributed by atoms with van der Waals surface area (Å²) in [7, 11) is 0. The van der Waals surface area contributed by atoms with Gasteiger partial charge in [-0.2, -0.15) is 0 Å². The van der Waals surface area contributed by atoms with Crippen molar-refractivity contribution < 1.29 is 37.6 Å². The van der Waals surface area contributed by atoms with E-state index in [1.807, 2.05) is 0 Å². The minimum atomic E-state index is -4.84. The van der Waals surface area contributed by atoms with Crippen LogP contribution < -0.4 is 0 Å². The maximum atomic E-state index is 8.28. The molecule has 0 spiro atoms. The predicted molar refractivity (Wildman–Crippen MR) is 24.3 cm³/mol. The van der Waals surface area contributed by atoms with Gasteiger partial charge in [-0.3, -0.25) is 0 Å². The molecule has 0 amide bonds. The average molecular weight is 174 g/mol. The zero-order chi connectivity index (χ0) is 7.49. The van der Waals surface area contributed by atoms with E-state index in [1.54, 1.807) is 0 Å². The first-order valence-electron chi connectivity index (χ1n) is 2.41. The first-order valence-corrected chi connectivity index (χ1v) is 5.15. The monoisotopic (exact) mass is 174 g/mol. The third-order valence-electron chi connectivity index (χ3n) is 0.616. The summed E-state index contributed by atoms with van der Waals surface area (Å²) < 4.78 is 29.0. The van der Waals surface area contributed by atoms with Gasteiger partial charge in [-0.05, 0) is 0 Å². The summed E-state index contributed by atoms with van der Waals surface area (Å²) in [4.78, 5) is 0. The minimum absolute atomic E-state index is 0.339. The fourth-order valence-electron chi connectivity index (χ4n) is 0.307. The van der Waals surface area contributed by atoms with Crippen molar-refractivity contribution in [3.05, 3.63) is 0 Å². The Labute approximate surface area is 57.8 Å². The predicted octanol–water partition coefficient (Wildman–Crippen LogP) is -1.83. The van der Waals surface area contributed by atoms with Crippen molar-refractivity contribution in [1.82, 2.24) is 0 Å². The average Bonchev–Trinajstić information content (AvgIpc) is 1.62. The van der Waals surface area contributed by atoms with Crippen molar-refractivity contribution in [3.63, 3.8) is 0 Å². The van der Waals surface area contributed by atoms with Crippen molar-refractivity contribution in [3.8, 4) is 0 Å². The molecule has 0 saturated heterocycles. The van der Waals surface area contributed by atoms with Gasteiger partial charge in [0.1, 0.15) is 0 Å². The van der Waals surface area contributed by atoms with Crippen molar-refractivity contribution >= 4 is 0 Å². The second-order valence-electron chi connectivity index (χ2n) is 1.68. The van der Waals surface area contributed by atoms with Gasteiger partial charge in [0.15, 0.2) is 0 Å². The summed E-state index contributed by atoms with van der Waals surface area (Å²) in [6.07, 6.45) is -0.718. The number of aliphatic hydroxyl groups is 1. The summed E-state index contributed by atoms with van der Waals surface area (Å²) >= 11 is -4.84. The van der Waals surface area contributed by atoms with Crippen molar-refractivity contribution in [2.45, 2.75) is 13.0 Å². The fraction of sp³-hybridized carbons (Fsp3) is 1.00.